The highest BCUT2D eigenvalue weighted by molar-refractivity contribution is 14.0. The van der Waals surface area contributed by atoms with E-state index in [4.69, 9.17) is 10.5 Å². The van der Waals surface area contributed by atoms with Crippen molar-refractivity contribution in [2.24, 2.45) is 10.7 Å². The van der Waals surface area contributed by atoms with Gasteiger partial charge in [0, 0.05) is 17.3 Å². The van der Waals surface area contributed by atoms with Crippen LogP contribution in [-0.4, -0.2) is 31.1 Å². The number of methoxy groups -OCH3 is 1. The van der Waals surface area contributed by atoms with Gasteiger partial charge < -0.3 is 21.1 Å². The zero-order valence-corrected chi connectivity index (χ0v) is 15.1. The highest BCUT2D eigenvalue weighted by Crippen LogP contribution is 2.16. The number of nitrogens with zero attached hydrogens (tertiary/aromatic N) is 1. The van der Waals surface area contributed by atoms with E-state index in [1.807, 2.05) is 39.0 Å². The van der Waals surface area contributed by atoms with Crippen molar-refractivity contribution in [2.45, 2.75) is 26.3 Å². The molecule has 0 unspecified atom stereocenters. The molecule has 1 aromatic carbocycles. The normalized spacial score (nSPS) is 11.3. The van der Waals surface area contributed by atoms with Crippen molar-refractivity contribution >= 4 is 41.5 Å². The number of nitrogens with two attached hydrogens (primary N) is 1. The molecule has 1 aromatic rings. The Morgan fingerprint density at radius 3 is 2.62 bits per heavy atom. The van der Waals surface area contributed by atoms with Crippen LogP contribution in [0.4, 0.5) is 5.69 Å². The van der Waals surface area contributed by atoms with Gasteiger partial charge in [0.2, 0.25) is 5.91 Å². The fourth-order valence-corrected chi connectivity index (χ4v) is 1.50. The molecule has 0 aliphatic carbocycles. The molecule has 118 valence electrons. The van der Waals surface area contributed by atoms with Gasteiger partial charge >= 0.3 is 0 Å². The molecule has 7 heteroatoms. The van der Waals surface area contributed by atoms with E-state index in [1.165, 1.54) is 0 Å². The summed E-state index contributed by atoms with van der Waals surface area (Å²) in [7, 11) is 1.59. The lowest BCUT2D eigenvalue weighted by Gasteiger charge is -2.19. The molecule has 6 nitrogen and oxygen atoms in total. The molecule has 0 spiro atoms. The molecular formula is C14H23IN4O2. The van der Waals surface area contributed by atoms with Crippen LogP contribution in [0.25, 0.3) is 0 Å². The molecule has 0 fully saturated rings. The number of hydrogen-bond acceptors (Lipinski definition) is 3. The first-order chi connectivity index (χ1) is 9.30. The Bertz CT molecular complexity index is 498. The van der Waals surface area contributed by atoms with Gasteiger partial charge in [-0.25, -0.2) is 4.99 Å². The summed E-state index contributed by atoms with van der Waals surface area (Å²) in [6, 6.07) is 7.29. The van der Waals surface area contributed by atoms with Crippen molar-refractivity contribution in [1.82, 2.24) is 5.32 Å². The average molecular weight is 406 g/mol. The van der Waals surface area contributed by atoms with E-state index in [-0.39, 0.29) is 47.9 Å². The zero-order valence-electron chi connectivity index (χ0n) is 12.8. The molecule has 1 amide bonds. The maximum absolute atomic E-state index is 11.6. The zero-order chi connectivity index (χ0) is 15.2. The Hall–Kier alpha value is -1.51. The number of hydrogen-bond donors (Lipinski definition) is 3. The van der Waals surface area contributed by atoms with Gasteiger partial charge in [0.25, 0.3) is 0 Å². The summed E-state index contributed by atoms with van der Waals surface area (Å²) >= 11 is 0. The molecule has 0 aromatic heterocycles. The third-order valence-electron chi connectivity index (χ3n) is 2.25. The first kappa shape index (κ1) is 19.5. The standard InChI is InChI=1S/C14H22N4O2.HI/c1-14(2,3)18-12(19)9-16-13(15)17-10-6-5-7-11(8-10)20-4;/h5-8H,9H2,1-4H3,(H,18,19)(H3,15,16,17);1H. The Balaban J connectivity index is 0.00000400. The summed E-state index contributed by atoms with van der Waals surface area (Å²) in [5.74, 6) is 0.725. The number of carbonyl (C=O) groups is 1. The SMILES string of the molecule is COc1cccc(NC(N)=NCC(=O)NC(C)(C)C)c1.I. The Morgan fingerprint density at radius 1 is 1.38 bits per heavy atom. The molecule has 0 saturated heterocycles. The number of anilines is 1. The van der Waals surface area contributed by atoms with Crippen LogP contribution in [0.15, 0.2) is 29.3 Å². The molecule has 1 rings (SSSR count). The number of benzene rings is 1. The van der Waals surface area contributed by atoms with Crippen molar-refractivity contribution in [3.63, 3.8) is 0 Å². The Labute approximate surface area is 142 Å². The fourth-order valence-electron chi connectivity index (χ4n) is 1.50. The largest absolute Gasteiger partial charge is 0.497 e. The van der Waals surface area contributed by atoms with Crippen molar-refractivity contribution in [3.8, 4) is 5.75 Å². The predicted octanol–water partition coefficient (Wildman–Crippen LogP) is 1.95. The van der Waals surface area contributed by atoms with Gasteiger partial charge in [-0.2, -0.15) is 0 Å². The molecule has 0 saturated carbocycles. The summed E-state index contributed by atoms with van der Waals surface area (Å²) in [4.78, 5) is 15.6. The summed E-state index contributed by atoms with van der Waals surface area (Å²) in [5, 5.41) is 5.71. The molecular weight excluding hydrogens is 383 g/mol. The molecule has 0 heterocycles. The lowest BCUT2D eigenvalue weighted by Crippen LogP contribution is -2.42. The van der Waals surface area contributed by atoms with Crippen LogP contribution in [0.2, 0.25) is 0 Å². The van der Waals surface area contributed by atoms with Crippen molar-refractivity contribution in [2.75, 3.05) is 19.0 Å². The lowest BCUT2D eigenvalue weighted by molar-refractivity contribution is -0.121. The second-order valence-electron chi connectivity index (χ2n) is 5.36. The summed E-state index contributed by atoms with van der Waals surface area (Å²) in [6.07, 6.45) is 0. The van der Waals surface area contributed by atoms with Gasteiger partial charge in [-0.05, 0) is 32.9 Å². The number of rotatable bonds is 4. The molecule has 21 heavy (non-hydrogen) atoms. The first-order valence-electron chi connectivity index (χ1n) is 6.32. The van der Waals surface area contributed by atoms with E-state index in [9.17, 15) is 4.79 Å². The quantitative estimate of drug-likeness (QED) is 0.405. The molecule has 0 aliphatic heterocycles. The third kappa shape index (κ3) is 8.38. The van der Waals surface area contributed by atoms with Crippen LogP contribution >= 0.6 is 24.0 Å². The Morgan fingerprint density at radius 2 is 2.05 bits per heavy atom. The number of guanidine groups is 1. The van der Waals surface area contributed by atoms with E-state index in [0.29, 0.717) is 5.75 Å². The van der Waals surface area contributed by atoms with E-state index in [0.717, 1.165) is 5.69 Å². The van der Waals surface area contributed by atoms with Crippen molar-refractivity contribution in [1.29, 1.82) is 0 Å². The highest BCUT2D eigenvalue weighted by Gasteiger charge is 2.12. The minimum atomic E-state index is -0.276. The number of halogens is 1. The average Bonchev–Trinajstić information content (AvgIpc) is 2.34. The predicted molar refractivity (Wildman–Crippen MR) is 96.4 cm³/mol. The van der Waals surface area contributed by atoms with Crippen LogP contribution in [0.1, 0.15) is 20.8 Å². The lowest BCUT2D eigenvalue weighted by atomic mass is 10.1. The Kier molecular flexibility index (Phi) is 8.08. The number of nitrogens with one attached hydrogen (secondary N) is 2. The summed E-state index contributed by atoms with van der Waals surface area (Å²) in [5.41, 5.74) is 6.20. The maximum atomic E-state index is 11.6. The van der Waals surface area contributed by atoms with Gasteiger partial charge in [-0.1, -0.05) is 6.07 Å². The van der Waals surface area contributed by atoms with Crippen LogP contribution in [0, 0.1) is 0 Å². The van der Waals surface area contributed by atoms with Crippen LogP contribution in [0.3, 0.4) is 0 Å². The second kappa shape index (κ2) is 8.71. The number of ether oxygens (including phenoxy) is 1. The minimum Gasteiger partial charge on any atom is -0.497 e. The van der Waals surface area contributed by atoms with E-state index in [2.05, 4.69) is 15.6 Å². The molecule has 0 bridgehead atoms. The molecule has 4 N–H and O–H groups in total. The maximum Gasteiger partial charge on any atom is 0.242 e. The van der Waals surface area contributed by atoms with Gasteiger partial charge in [0.15, 0.2) is 5.96 Å². The van der Waals surface area contributed by atoms with Gasteiger partial charge in [-0.3, -0.25) is 4.79 Å². The monoisotopic (exact) mass is 406 g/mol. The van der Waals surface area contributed by atoms with Gasteiger partial charge in [0.1, 0.15) is 12.3 Å². The van der Waals surface area contributed by atoms with Crippen LogP contribution in [-0.2, 0) is 4.79 Å². The smallest absolute Gasteiger partial charge is 0.242 e. The van der Waals surface area contributed by atoms with E-state index < -0.39 is 0 Å². The van der Waals surface area contributed by atoms with E-state index in [1.54, 1.807) is 13.2 Å². The van der Waals surface area contributed by atoms with Crippen LogP contribution < -0.4 is 21.1 Å². The number of carbonyl (C=O) groups excluding carboxylic acids is 1. The number of aliphatic imine (C=N–C) groups is 1. The van der Waals surface area contributed by atoms with Crippen molar-refractivity contribution in [3.05, 3.63) is 24.3 Å². The summed E-state index contributed by atoms with van der Waals surface area (Å²) in [6.45, 7) is 5.71. The molecule has 0 atom stereocenters. The van der Waals surface area contributed by atoms with Crippen LogP contribution in [0.5, 0.6) is 5.75 Å². The molecule has 0 radical (unpaired) electrons. The highest BCUT2D eigenvalue weighted by atomic mass is 127. The molecule has 0 aliphatic rings. The van der Waals surface area contributed by atoms with Crippen molar-refractivity contribution < 1.29 is 9.53 Å². The van der Waals surface area contributed by atoms with E-state index >= 15 is 0 Å². The van der Waals surface area contributed by atoms with Gasteiger partial charge in [-0.15, -0.1) is 24.0 Å². The van der Waals surface area contributed by atoms with Gasteiger partial charge in [0.05, 0.1) is 7.11 Å². The fraction of sp³-hybridized carbons (Fsp3) is 0.429. The second-order valence-corrected chi connectivity index (χ2v) is 5.36. The third-order valence-corrected chi connectivity index (χ3v) is 2.25. The summed E-state index contributed by atoms with van der Waals surface area (Å²) < 4.78 is 5.10. The number of amides is 1. The minimum absolute atomic E-state index is 0. The first-order valence-corrected chi connectivity index (χ1v) is 6.32. The topological polar surface area (TPSA) is 88.7 Å².